The standard InChI is InChI=1S/C38H54N6O9/c1-6-7-19-40-23-38(51)18-17-31(46)41-21-32(47)52-22-24(2)42-36(49)34(25(3)45)43-35(48)30(20-27-11-9-8-10-12-27)44(5)37(50)33(39)28-13-15-29(16-14-28)53-26(38)4/h8-18,24-26,30,33-34,40,45,51H,6-7,19-23,39H2,1-5H3,(H,41,46)(H,42,49)(H,43,48)/b18-17+/t24-,25-,26-,30+,33+,34-,38+/m1/s1. The number of nitrogens with one attached hydrogen (secondary N) is 4. The Labute approximate surface area is 310 Å². The Morgan fingerprint density at radius 2 is 1.70 bits per heavy atom. The van der Waals surface area contributed by atoms with Gasteiger partial charge in [0.25, 0.3) is 0 Å². The Bertz CT molecular complexity index is 1550. The molecular formula is C38H54N6O9. The molecule has 0 fully saturated rings. The zero-order chi connectivity index (χ0) is 39.1. The second-order valence-corrected chi connectivity index (χ2v) is 13.4. The van der Waals surface area contributed by atoms with Gasteiger partial charge in [0.1, 0.15) is 48.7 Å². The summed E-state index contributed by atoms with van der Waals surface area (Å²) in [6, 6.07) is 10.9. The van der Waals surface area contributed by atoms with Crippen molar-refractivity contribution in [1.82, 2.24) is 26.2 Å². The van der Waals surface area contributed by atoms with Gasteiger partial charge in [-0.15, -0.1) is 0 Å². The summed E-state index contributed by atoms with van der Waals surface area (Å²) in [6.07, 6.45) is 2.09. The summed E-state index contributed by atoms with van der Waals surface area (Å²) in [5.41, 5.74) is 5.95. The molecule has 8 N–H and O–H groups in total. The highest BCUT2D eigenvalue weighted by Gasteiger charge is 2.36. The fourth-order valence-electron chi connectivity index (χ4n) is 5.48. The molecule has 53 heavy (non-hydrogen) atoms. The number of nitrogens with two attached hydrogens (primary N) is 1. The molecule has 15 heteroatoms. The number of likely N-dealkylation sites (N-methyl/N-ethyl adjacent to an activating group) is 1. The molecule has 4 amide bonds. The van der Waals surface area contributed by atoms with Gasteiger partial charge in [-0.25, -0.2) is 0 Å². The van der Waals surface area contributed by atoms with Crippen LogP contribution >= 0.6 is 0 Å². The van der Waals surface area contributed by atoms with Gasteiger partial charge in [-0.2, -0.15) is 0 Å². The Hall–Kier alpha value is -4.83. The second-order valence-electron chi connectivity index (χ2n) is 13.4. The Morgan fingerprint density at radius 3 is 2.34 bits per heavy atom. The van der Waals surface area contributed by atoms with Crippen LogP contribution < -0.4 is 31.7 Å². The van der Waals surface area contributed by atoms with Crippen molar-refractivity contribution in [3.63, 3.8) is 0 Å². The number of amides is 4. The minimum Gasteiger partial charge on any atom is -0.487 e. The first kappa shape index (κ1) is 42.6. The van der Waals surface area contributed by atoms with Gasteiger partial charge in [-0.05, 0) is 63.1 Å². The summed E-state index contributed by atoms with van der Waals surface area (Å²) in [6.45, 7) is 6.48. The molecule has 0 radical (unpaired) electrons. The third kappa shape index (κ3) is 13.0. The number of unbranched alkanes of at least 4 members (excludes halogenated alkanes) is 1. The predicted molar refractivity (Wildman–Crippen MR) is 197 cm³/mol. The Balaban J connectivity index is 1.97. The van der Waals surface area contributed by atoms with Crippen LogP contribution in [0.1, 0.15) is 57.7 Å². The van der Waals surface area contributed by atoms with E-state index in [1.807, 2.05) is 13.0 Å². The quantitative estimate of drug-likeness (QED) is 0.111. The maximum atomic E-state index is 13.8. The number of nitrogens with zero attached hydrogens (tertiary/aromatic N) is 1. The van der Waals surface area contributed by atoms with Crippen LogP contribution in [0.3, 0.4) is 0 Å². The van der Waals surface area contributed by atoms with Crippen molar-refractivity contribution in [2.45, 2.75) is 88.9 Å². The van der Waals surface area contributed by atoms with Crippen molar-refractivity contribution < 1.29 is 43.7 Å². The van der Waals surface area contributed by atoms with E-state index in [1.54, 1.807) is 62.4 Å². The van der Waals surface area contributed by atoms with Crippen LogP contribution in [0.2, 0.25) is 0 Å². The van der Waals surface area contributed by atoms with E-state index in [0.29, 0.717) is 17.9 Å². The fraction of sp³-hybridized carbons (Fsp3) is 0.500. The molecule has 0 aromatic heterocycles. The molecule has 2 aliphatic heterocycles. The smallest absolute Gasteiger partial charge is 0.325 e. The van der Waals surface area contributed by atoms with Gasteiger partial charge >= 0.3 is 5.97 Å². The number of carbonyl (C=O) groups excluding carboxylic acids is 5. The van der Waals surface area contributed by atoms with Gasteiger partial charge in [0.15, 0.2) is 0 Å². The largest absolute Gasteiger partial charge is 0.487 e. The number of aliphatic hydroxyl groups is 2. The highest BCUT2D eigenvalue weighted by molar-refractivity contribution is 5.94. The molecule has 2 aromatic carbocycles. The second kappa shape index (κ2) is 20.4. The van der Waals surface area contributed by atoms with Crippen molar-refractivity contribution in [3.05, 3.63) is 77.9 Å². The molecule has 0 saturated carbocycles. The lowest BCUT2D eigenvalue weighted by molar-refractivity contribution is -0.145. The number of carbonyl (C=O) groups is 5. The van der Waals surface area contributed by atoms with Crippen molar-refractivity contribution in [2.24, 2.45) is 5.73 Å². The van der Waals surface area contributed by atoms with Crippen LogP contribution in [0.5, 0.6) is 5.75 Å². The Kier molecular flexibility index (Phi) is 16.4. The van der Waals surface area contributed by atoms with E-state index >= 15 is 0 Å². The van der Waals surface area contributed by atoms with Crippen molar-refractivity contribution >= 4 is 29.6 Å². The summed E-state index contributed by atoms with van der Waals surface area (Å²) in [4.78, 5) is 67.2. The third-order valence-corrected chi connectivity index (χ3v) is 8.90. The van der Waals surface area contributed by atoms with Crippen LogP contribution in [0.15, 0.2) is 66.7 Å². The molecule has 2 aliphatic rings. The fourth-order valence-corrected chi connectivity index (χ4v) is 5.48. The topological polar surface area (TPSA) is 222 Å². The first-order valence-electron chi connectivity index (χ1n) is 17.8. The number of ether oxygens (including phenoxy) is 2. The molecule has 0 aliphatic carbocycles. The molecule has 2 bridgehead atoms. The van der Waals surface area contributed by atoms with Crippen LogP contribution in [-0.2, 0) is 35.1 Å². The lowest BCUT2D eigenvalue weighted by Gasteiger charge is -2.32. The van der Waals surface area contributed by atoms with Gasteiger partial charge in [0, 0.05) is 26.1 Å². The van der Waals surface area contributed by atoms with Crippen molar-refractivity contribution in [3.8, 4) is 5.75 Å². The lowest BCUT2D eigenvalue weighted by Crippen LogP contribution is -2.59. The average molecular weight is 739 g/mol. The van der Waals surface area contributed by atoms with Crippen LogP contribution in [0.25, 0.3) is 0 Å². The number of fused-ring (bicyclic) bond motifs is 21. The molecule has 0 unspecified atom stereocenters. The number of hydrogen-bond donors (Lipinski definition) is 7. The van der Waals surface area contributed by atoms with Gasteiger partial charge in [0.05, 0.1) is 12.1 Å². The van der Waals surface area contributed by atoms with Gasteiger partial charge in [-0.1, -0.05) is 55.8 Å². The van der Waals surface area contributed by atoms with Crippen molar-refractivity contribution in [1.29, 1.82) is 0 Å². The third-order valence-electron chi connectivity index (χ3n) is 8.90. The van der Waals surface area contributed by atoms with E-state index < -0.39 is 78.1 Å². The van der Waals surface area contributed by atoms with Crippen LogP contribution in [-0.4, -0.2) is 114 Å². The summed E-state index contributed by atoms with van der Waals surface area (Å²) in [5.74, 6) is -3.14. The molecule has 7 atom stereocenters. The van der Waals surface area contributed by atoms with Gasteiger partial charge in [0.2, 0.25) is 23.6 Å². The highest BCUT2D eigenvalue weighted by atomic mass is 16.5. The Morgan fingerprint density at radius 1 is 1.02 bits per heavy atom. The number of rotatable bonds is 8. The van der Waals surface area contributed by atoms with Crippen LogP contribution in [0, 0.1) is 0 Å². The SMILES string of the molecule is CCCCNC[C@@]1(O)/C=C/C(=O)NCC(=O)OC[C@@H](C)NC(=O)[C@@H]([C@@H](C)O)NC(=O)[C@H](Cc2ccccc2)N(C)C(=O)[C@@H](N)c2ccc(cc2)O[C@@H]1C. The normalized spacial score (nSPS) is 26.9. The maximum absolute atomic E-state index is 13.8. The van der Waals surface area contributed by atoms with E-state index in [4.69, 9.17) is 15.2 Å². The minimum absolute atomic E-state index is 0.0566. The molecular weight excluding hydrogens is 684 g/mol. The monoisotopic (exact) mass is 738 g/mol. The number of hydrogen-bond acceptors (Lipinski definition) is 11. The number of esters is 1. The van der Waals surface area contributed by atoms with E-state index in [9.17, 15) is 34.2 Å². The van der Waals surface area contributed by atoms with Gasteiger partial charge < -0.3 is 51.6 Å². The maximum Gasteiger partial charge on any atom is 0.325 e. The molecule has 0 saturated heterocycles. The van der Waals surface area contributed by atoms with E-state index in [1.165, 1.54) is 24.9 Å². The molecule has 290 valence electrons. The predicted octanol–water partition coefficient (Wildman–Crippen LogP) is 0.244. The number of benzene rings is 2. The van der Waals surface area contributed by atoms with E-state index in [2.05, 4.69) is 21.3 Å². The molecule has 2 aromatic rings. The summed E-state index contributed by atoms with van der Waals surface area (Å²) in [7, 11) is 1.44. The van der Waals surface area contributed by atoms with Crippen molar-refractivity contribution in [2.75, 3.05) is 33.3 Å². The zero-order valence-corrected chi connectivity index (χ0v) is 31.0. The molecule has 15 nitrogen and oxygen atoms in total. The zero-order valence-electron chi connectivity index (χ0n) is 31.0. The molecule has 0 spiro atoms. The summed E-state index contributed by atoms with van der Waals surface area (Å²) >= 11 is 0. The van der Waals surface area contributed by atoms with Crippen LogP contribution in [0.4, 0.5) is 0 Å². The molecule has 2 heterocycles. The first-order valence-corrected chi connectivity index (χ1v) is 17.8. The number of aliphatic hydroxyl groups excluding tert-OH is 1. The van der Waals surface area contributed by atoms with E-state index in [-0.39, 0.29) is 19.6 Å². The highest BCUT2D eigenvalue weighted by Crippen LogP contribution is 2.24. The molecule has 4 rings (SSSR count). The lowest BCUT2D eigenvalue weighted by atomic mass is 9.96. The van der Waals surface area contributed by atoms with E-state index in [0.717, 1.165) is 24.5 Å². The summed E-state index contributed by atoms with van der Waals surface area (Å²) in [5, 5.41) is 32.9. The first-order chi connectivity index (χ1) is 25.1. The average Bonchev–Trinajstić information content (AvgIpc) is 3.14. The van der Waals surface area contributed by atoms with Gasteiger partial charge in [-0.3, -0.25) is 24.0 Å². The summed E-state index contributed by atoms with van der Waals surface area (Å²) < 4.78 is 11.3. The minimum atomic E-state index is -1.66.